The van der Waals surface area contributed by atoms with Gasteiger partial charge in [0, 0.05) is 13.0 Å². The highest BCUT2D eigenvalue weighted by Gasteiger charge is 2.34. The van der Waals surface area contributed by atoms with E-state index < -0.39 is 17.4 Å². The van der Waals surface area contributed by atoms with E-state index in [1.54, 1.807) is 18.2 Å². The minimum absolute atomic E-state index is 0.0566. The van der Waals surface area contributed by atoms with Gasteiger partial charge in [-0.15, -0.1) is 0 Å². The fourth-order valence-corrected chi connectivity index (χ4v) is 2.79. The molecule has 0 unspecified atom stereocenters. The number of furan rings is 1. The second kappa shape index (κ2) is 6.93. The van der Waals surface area contributed by atoms with Crippen molar-refractivity contribution < 1.29 is 23.5 Å². The molecule has 1 aliphatic heterocycles. The van der Waals surface area contributed by atoms with Gasteiger partial charge in [-0.05, 0) is 36.2 Å². The topological polar surface area (TPSA) is 70.8 Å². The van der Waals surface area contributed by atoms with Gasteiger partial charge in [0.15, 0.2) is 11.5 Å². The van der Waals surface area contributed by atoms with Crippen molar-refractivity contribution in [3.05, 3.63) is 70.6 Å². The maximum atomic E-state index is 12.9. The van der Waals surface area contributed by atoms with Gasteiger partial charge < -0.3 is 14.4 Å². The molecule has 3 rings (SSSR count). The SMILES string of the molecule is CCCN1CC(C(=O)c2ccc(Cc3ccc(F)cc3)o2)=C(O)C1=O. The Labute approximate surface area is 144 Å². The molecule has 0 radical (unpaired) electrons. The Morgan fingerprint density at radius 3 is 2.64 bits per heavy atom. The number of rotatable bonds is 6. The van der Waals surface area contributed by atoms with Crippen LogP contribution in [-0.2, 0) is 11.2 Å². The van der Waals surface area contributed by atoms with Crippen LogP contribution in [0.5, 0.6) is 0 Å². The van der Waals surface area contributed by atoms with Gasteiger partial charge in [-0.3, -0.25) is 9.59 Å². The van der Waals surface area contributed by atoms with E-state index in [4.69, 9.17) is 4.42 Å². The van der Waals surface area contributed by atoms with Gasteiger partial charge in [0.25, 0.3) is 5.91 Å². The van der Waals surface area contributed by atoms with Crippen LogP contribution in [0.4, 0.5) is 4.39 Å². The summed E-state index contributed by atoms with van der Waals surface area (Å²) in [6.45, 7) is 2.48. The van der Waals surface area contributed by atoms with Crippen molar-refractivity contribution in [3.63, 3.8) is 0 Å². The number of halogens is 1. The number of benzene rings is 1. The van der Waals surface area contributed by atoms with Crippen LogP contribution in [0.15, 0.2) is 52.1 Å². The summed E-state index contributed by atoms with van der Waals surface area (Å²) in [6, 6.07) is 9.19. The molecule has 2 heterocycles. The maximum absolute atomic E-state index is 12.9. The van der Waals surface area contributed by atoms with E-state index in [1.807, 2.05) is 6.92 Å². The van der Waals surface area contributed by atoms with Crippen LogP contribution in [0.3, 0.4) is 0 Å². The first-order chi connectivity index (χ1) is 12.0. The summed E-state index contributed by atoms with van der Waals surface area (Å²) < 4.78 is 18.5. The smallest absolute Gasteiger partial charge is 0.289 e. The Morgan fingerprint density at radius 1 is 1.24 bits per heavy atom. The van der Waals surface area contributed by atoms with Crippen molar-refractivity contribution in [2.24, 2.45) is 0 Å². The van der Waals surface area contributed by atoms with Crippen LogP contribution in [0.25, 0.3) is 0 Å². The fourth-order valence-electron chi connectivity index (χ4n) is 2.79. The van der Waals surface area contributed by atoms with Crippen LogP contribution in [0.2, 0.25) is 0 Å². The summed E-state index contributed by atoms with van der Waals surface area (Å²) in [4.78, 5) is 25.9. The van der Waals surface area contributed by atoms with Crippen molar-refractivity contribution >= 4 is 11.7 Å². The lowest BCUT2D eigenvalue weighted by Gasteiger charge is -2.13. The quantitative estimate of drug-likeness (QED) is 0.817. The van der Waals surface area contributed by atoms with Crippen LogP contribution >= 0.6 is 0 Å². The van der Waals surface area contributed by atoms with Crippen LogP contribution in [0, 0.1) is 5.82 Å². The molecule has 130 valence electrons. The zero-order valence-electron chi connectivity index (χ0n) is 13.8. The molecule has 6 heteroatoms. The third kappa shape index (κ3) is 3.47. The molecule has 0 saturated carbocycles. The number of amides is 1. The number of carbonyl (C=O) groups excluding carboxylic acids is 2. The third-order valence-electron chi connectivity index (χ3n) is 4.07. The van der Waals surface area contributed by atoms with Crippen molar-refractivity contribution in [2.75, 3.05) is 13.1 Å². The number of aliphatic hydroxyl groups excluding tert-OH is 1. The molecule has 2 aromatic rings. The maximum Gasteiger partial charge on any atom is 0.289 e. The number of hydrogen-bond donors (Lipinski definition) is 1. The van der Waals surface area contributed by atoms with Crippen LogP contribution in [0.1, 0.15) is 35.2 Å². The molecule has 5 nitrogen and oxygen atoms in total. The first-order valence-electron chi connectivity index (χ1n) is 8.08. The Morgan fingerprint density at radius 2 is 1.96 bits per heavy atom. The lowest BCUT2D eigenvalue weighted by atomic mass is 10.1. The van der Waals surface area contributed by atoms with Gasteiger partial charge in [-0.2, -0.15) is 0 Å². The van der Waals surface area contributed by atoms with E-state index in [9.17, 15) is 19.1 Å². The van der Waals surface area contributed by atoms with E-state index >= 15 is 0 Å². The summed E-state index contributed by atoms with van der Waals surface area (Å²) >= 11 is 0. The van der Waals surface area contributed by atoms with Gasteiger partial charge in [0.05, 0.1) is 12.1 Å². The standard InChI is InChI=1S/C19H18FNO4/c1-2-9-21-11-15(18(23)19(21)24)17(22)16-8-7-14(25-16)10-12-3-5-13(20)6-4-12/h3-8,23H,2,9-11H2,1H3. The third-order valence-corrected chi connectivity index (χ3v) is 4.07. The van der Waals surface area contributed by atoms with E-state index in [2.05, 4.69) is 0 Å². The summed E-state index contributed by atoms with van der Waals surface area (Å²) in [5.41, 5.74) is 0.906. The number of aliphatic hydroxyl groups is 1. The Hall–Kier alpha value is -2.89. The van der Waals surface area contributed by atoms with Gasteiger partial charge in [-0.1, -0.05) is 19.1 Å². The first-order valence-corrected chi connectivity index (χ1v) is 8.08. The van der Waals surface area contributed by atoms with Crippen molar-refractivity contribution in [3.8, 4) is 0 Å². The van der Waals surface area contributed by atoms with Crippen LogP contribution in [-0.4, -0.2) is 34.8 Å². The van der Waals surface area contributed by atoms with E-state index in [-0.39, 0.29) is 23.7 Å². The first kappa shape index (κ1) is 17.0. The second-order valence-corrected chi connectivity index (χ2v) is 5.95. The molecule has 0 aliphatic carbocycles. The fraction of sp³-hybridized carbons (Fsp3) is 0.263. The summed E-state index contributed by atoms with van der Waals surface area (Å²) in [5.74, 6) is -1.22. The van der Waals surface area contributed by atoms with Gasteiger partial charge >= 0.3 is 0 Å². The Bertz CT molecular complexity index is 835. The molecule has 1 aromatic carbocycles. The number of Topliss-reactive ketones (excluding diaryl/α,β-unsaturated/α-hetero) is 1. The number of hydrogen-bond acceptors (Lipinski definition) is 4. The molecule has 0 fully saturated rings. The average molecular weight is 343 g/mol. The summed E-state index contributed by atoms with van der Waals surface area (Å²) in [5, 5.41) is 9.94. The molecule has 25 heavy (non-hydrogen) atoms. The van der Waals surface area contributed by atoms with Crippen molar-refractivity contribution in [1.29, 1.82) is 0 Å². The minimum atomic E-state index is -0.525. The molecule has 1 amide bonds. The molecule has 0 saturated heterocycles. The number of ketones is 1. The van der Waals surface area contributed by atoms with Gasteiger partial charge in [-0.25, -0.2) is 4.39 Å². The predicted molar refractivity (Wildman–Crippen MR) is 88.8 cm³/mol. The molecular weight excluding hydrogens is 325 g/mol. The monoisotopic (exact) mass is 343 g/mol. The number of nitrogens with zero attached hydrogens (tertiary/aromatic N) is 1. The highest BCUT2D eigenvalue weighted by atomic mass is 19.1. The normalized spacial score (nSPS) is 14.5. The molecule has 1 N–H and O–H groups in total. The minimum Gasteiger partial charge on any atom is -0.503 e. The summed E-state index contributed by atoms with van der Waals surface area (Å²) in [7, 11) is 0. The molecule has 0 atom stereocenters. The molecule has 0 spiro atoms. The summed E-state index contributed by atoms with van der Waals surface area (Å²) in [6.07, 6.45) is 1.16. The second-order valence-electron chi connectivity index (χ2n) is 5.95. The molecular formula is C19H18FNO4. The van der Waals surface area contributed by atoms with Gasteiger partial charge in [0.2, 0.25) is 5.78 Å². The lowest BCUT2D eigenvalue weighted by Crippen LogP contribution is -2.28. The van der Waals surface area contributed by atoms with E-state index in [0.717, 1.165) is 12.0 Å². The van der Waals surface area contributed by atoms with Crippen molar-refractivity contribution in [2.45, 2.75) is 19.8 Å². The highest BCUT2D eigenvalue weighted by Crippen LogP contribution is 2.23. The zero-order valence-corrected chi connectivity index (χ0v) is 13.8. The molecule has 0 bridgehead atoms. The van der Waals surface area contributed by atoms with E-state index in [1.165, 1.54) is 23.1 Å². The highest BCUT2D eigenvalue weighted by molar-refractivity contribution is 6.14. The zero-order chi connectivity index (χ0) is 18.0. The number of carbonyl (C=O) groups is 2. The van der Waals surface area contributed by atoms with E-state index in [0.29, 0.717) is 18.7 Å². The lowest BCUT2D eigenvalue weighted by molar-refractivity contribution is -0.127. The molecule has 1 aliphatic rings. The average Bonchev–Trinajstić information content (AvgIpc) is 3.17. The van der Waals surface area contributed by atoms with Crippen LogP contribution < -0.4 is 0 Å². The molecule has 1 aromatic heterocycles. The largest absolute Gasteiger partial charge is 0.503 e. The Kier molecular flexibility index (Phi) is 4.70. The van der Waals surface area contributed by atoms with Gasteiger partial charge in [0.1, 0.15) is 11.6 Å². The Balaban J connectivity index is 1.74. The van der Waals surface area contributed by atoms with Crippen molar-refractivity contribution in [1.82, 2.24) is 4.90 Å². The predicted octanol–water partition coefficient (Wildman–Crippen LogP) is 3.26.